The quantitative estimate of drug-likeness (QED) is 0.783. The fourth-order valence-electron chi connectivity index (χ4n) is 1.28. The molecule has 0 aliphatic rings. The minimum atomic E-state index is -0.452. The second-order valence-electron chi connectivity index (χ2n) is 3.13. The van der Waals surface area contributed by atoms with Gasteiger partial charge >= 0.3 is 11.9 Å². The molecule has 0 N–H and O–H groups in total. The van der Waals surface area contributed by atoms with Crippen LogP contribution in [0.25, 0.3) is 0 Å². The lowest BCUT2D eigenvalue weighted by molar-refractivity contribution is 0.0585. The van der Waals surface area contributed by atoms with Gasteiger partial charge in [0.1, 0.15) is 0 Å². The predicted molar refractivity (Wildman–Crippen MR) is 61.6 cm³/mol. The van der Waals surface area contributed by atoms with Crippen LogP contribution in [0.3, 0.4) is 0 Å². The van der Waals surface area contributed by atoms with E-state index in [1.54, 1.807) is 19.1 Å². The Labute approximate surface area is 102 Å². The van der Waals surface area contributed by atoms with Crippen LogP contribution >= 0.6 is 15.9 Å². The lowest BCUT2D eigenvalue weighted by Crippen LogP contribution is -2.08. The zero-order valence-corrected chi connectivity index (χ0v) is 10.8. The van der Waals surface area contributed by atoms with Gasteiger partial charge in [-0.15, -0.1) is 0 Å². The highest BCUT2D eigenvalue weighted by atomic mass is 79.9. The van der Waals surface area contributed by atoms with E-state index in [9.17, 15) is 9.59 Å². The molecule has 0 bridgehead atoms. The smallest absolute Gasteiger partial charge is 0.339 e. The molecule has 0 aliphatic carbocycles. The van der Waals surface area contributed by atoms with Crippen molar-refractivity contribution in [3.8, 4) is 0 Å². The molecule has 1 aromatic carbocycles. The molecule has 0 heterocycles. The highest BCUT2D eigenvalue weighted by Crippen LogP contribution is 2.23. The van der Waals surface area contributed by atoms with Crippen LogP contribution in [0.5, 0.6) is 0 Å². The molecular formula is C11H11BrO4. The van der Waals surface area contributed by atoms with Crippen molar-refractivity contribution >= 4 is 27.9 Å². The lowest BCUT2D eigenvalue weighted by atomic mass is 10.1. The minimum Gasteiger partial charge on any atom is -0.465 e. The molecule has 0 aliphatic heterocycles. The number of carbonyl (C=O) groups is 2. The van der Waals surface area contributed by atoms with Gasteiger partial charge in [-0.2, -0.15) is 0 Å². The van der Waals surface area contributed by atoms with Crippen LogP contribution in [0.2, 0.25) is 0 Å². The van der Waals surface area contributed by atoms with E-state index in [0.29, 0.717) is 21.2 Å². The normalized spacial score (nSPS) is 9.75. The number of hydrogen-bond donors (Lipinski definition) is 0. The van der Waals surface area contributed by atoms with E-state index in [-0.39, 0.29) is 0 Å². The summed E-state index contributed by atoms with van der Waals surface area (Å²) in [7, 11) is 2.61. The molecule has 0 fully saturated rings. The molecule has 0 unspecified atom stereocenters. The molecule has 0 radical (unpaired) electrons. The van der Waals surface area contributed by atoms with Crippen LogP contribution in [0.1, 0.15) is 26.3 Å². The molecule has 0 spiro atoms. The van der Waals surface area contributed by atoms with Gasteiger partial charge in [-0.1, -0.05) is 0 Å². The van der Waals surface area contributed by atoms with Crippen LogP contribution in [-0.2, 0) is 9.47 Å². The van der Waals surface area contributed by atoms with E-state index in [2.05, 4.69) is 25.4 Å². The first-order valence-electron chi connectivity index (χ1n) is 4.48. The summed E-state index contributed by atoms with van der Waals surface area (Å²) >= 11 is 3.21. The molecule has 0 amide bonds. The van der Waals surface area contributed by atoms with Crippen LogP contribution in [-0.4, -0.2) is 26.2 Å². The molecule has 5 heteroatoms. The van der Waals surface area contributed by atoms with Gasteiger partial charge in [0.05, 0.1) is 25.3 Å². The number of aryl methyl sites for hydroxylation is 1. The number of ether oxygens (including phenoxy) is 2. The van der Waals surface area contributed by atoms with E-state index in [0.717, 1.165) is 0 Å². The van der Waals surface area contributed by atoms with Crippen LogP contribution < -0.4 is 0 Å². The first-order chi connectivity index (χ1) is 7.51. The fourth-order valence-corrected chi connectivity index (χ4v) is 1.78. The summed E-state index contributed by atoms with van der Waals surface area (Å²) in [6.45, 7) is 1.73. The van der Waals surface area contributed by atoms with E-state index < -0.39 is 11.9 Å². The minimum absolute atomic E-state index is 0.382. The van der Waals surface area contributed by atoms with Gasteiger partial charge in [-0.25, -0.2) is 9.59 Å². The van der Waals surface area contributed by atoms with Gasteiger partial charge in [0.2, 0.25) is 0 Å². The number of rotatable bonds is 2. The maximum Gasteiger partial charge on any atom is 0.339 e. The molecule has 16 heavy (non-hydrogen) atoms. The molecule has 0 saturated carbocycles. The second kappa shape index (κ2) is 5.12. The van der Waals surface area contributed by atoms with Crippen LogP contribution in [0, 0.1) is 6.92 Å². The Morgan fingerprint density at radius 1 is 1.06 bits per heavy atom. The lowest BCUT2D eigenvalue weighted by Gasteiger charge is -2.08. The average Bonchev–Trinajstić information content (AvgIpc) is 2.29. The Balaban J connectivity index is 3.27. The number of benzene rings is 1. The number of halogens is 1. The fraction of sp³-hybridized carbons (Fsp3) is 0.273. The van der Waals surface area contributed by atoms with Crippen molar-refractivity contribution in [2.45, 2.75) is 6.92 Å². The molecule has 1 aromatic rings. The first kappa shape index (κ1) is 12.7. The van der Waals surface area contributed by atoms with Gasteiger partial charge in [-0.05, 0) is 40.5 Å². The van der Waals surface area contributed by atoms with Crippen molar-refractivity contribution in [3.63, 3.8) is 0 Å². The van der Waals surface area contributed by atoms with Crippen molar-refractivity contribution in [2.24, 2.45) is 0 Å². The molecular weight excluding hydrogens is 276 g/mol. The van der Waals surface area contributed by atoms with E-state index in [1.165, 1.54) is 14.2 Å². The Bertz CT molecular complexity index is 398. The third-order valence-electron chi connectivity index (χ3n) is 2.12. The number of carbonyl (C=O) groups excluding carboxylic acids is 2. The number of esters is 2. The summed E-state index contributed by atoms with van der Waals surface area (Å²) in [4.78, 5) is 22.7. The molecule has 4 nitrogen and oxygen atoms in total. The summed E-state index contributed by atoms with van der Waals surface area (Å²) < 4.78 is 9.74. The summed E-state index contributed by atoms with van der Waals surface area (Å²) in [5, 5.41) is 0. The zero-order valence-electron chi connectivity index (χ0n) is 9.17. The monoisotopic (exact) mass is 286 g/mol. The standard InChI is InChI=1S/C11H11BrO4/c1-6-4-8(11(14)16-3)9(12)5-7(6)10(13)15-2/h4-5H,1-3H3. The highest BCUT2D eigenvalue weighted by Gasteiger charge is 2.16. The third kappa shape index (κ3) is 2.41. The van der Waals surface area contributed by atoms with Gasteiger partial charge in [0, 0.05) is 4.47 Å². The second-order valence-corrected chi connectivity index (χ2v) is 3.98. The van der Waals surface area contributed by atoms with Crippen molar-refractivity contribution in [2.75, 3.05) is 14.2 Å². The topological polar surface area (TPSA) is 52.6 Å². The molecule has 0 aromatic heterocycles. The van der Waals surface area contributed by atoms with Gasteiger partial charge in [0.15, 0.2) is 0 Å². The van der Waals surface area contributed by atoms with Crippen molar-refractivity contribution in [1.82, 2.24) is 0 Å². The Hall–Kier alpha value is -1.36. The maximum atomic E-state index is 11.4. The first-order valence-corrected chi connectivity index (χ1v) is 5.27. The maximum absolute atomic E-state index is 11.4. The molecule has 86 valence electrons. The molecule has 0 saturated heterocycles. The number of hydrogen-bond acceptors (Lipinski definition) is 4. The Morgan fingerprint density at radius 2 is 1.56 bits per heavy atom. The molecule has 1 rings (SSSR count). The third-order valence-corrected chi connectivity index (χ3v) is 2.78. The van der Waals surface area contributed by atoms with Crippen LogP contribution in [0.15, 0.2) is 16.6 Å². The van der Waals surface area contributed by atoms with Crippen molar-refractivity contribution < 1.29 is 19.1 Å². The zero-order chi connectivity index (χ0) is 12.3. The predicted octanol–water partition coefficient (Wildman–Crippen LogP) is 2.33. The largest absolute Gasteiger partial charge is 0.465 e. The van der Waals surface area contributed by atoms with E-state index >= 15 is 0 Å². The SMILES string of the molecule is COC(=O)c1cc(Br)c(C(=O)OC)cc1C. The Morgan fingerprint density at radius 3 is 2.06 bits per heavy atom. The Kier molecular flexibility index (Phi) is 4.06. The summed E-state index contributed by atoms with van der Waals surface area (Å²) in [5.74, 6) is -0.888. The van der Waals surface area contributed by atoms with Gasteiger partial charge < -0.3 is 9.47 Å². The highest BCUT2D eigenvalue weighted by molar-refractivity contribution is 9.10. The van der Waals surface area contributed by atoms with Gasteiger partial charge in [0.25, 0.3) is 0 Å². The van der Waals surface area contributed by atoms with E-state index in [1.807, 2.05) is 0 Å². The molecule has 0 atom stereocenters. The average molecular weight is 287 g/mol. The van der Waals surface area contributed by atoms with Crippen LogP contribution in [0.4, 0.5) is 0 Å². The summed E-state index contributed by atoms with van der Waals surface area (Å²) in [6, 6.07) is 3.13. The van der Waals surface area contributed by atoms with Gasteiger partial charge in [-0.3, -0.25) is 0 Å². The summed E-state index contributed by atoms with van der Waals surface area (Å²) in [6.07, 6.45) is 0. The van der Waals surface area contributed by atoms with Crippen molar-refractivity contribution in [3.05, 3.63) is 33.3 Å². The van der Waals surface area contributed by atoms with Crippen molar-refractivity contribution in [1.29, 1.82) is 0 Å². The number of methoxy groups -OCH3 is 2. The summed E-state index contributed by atoms with van der Waals surface area (Å²) in [5.41, 5.74) is 1.46. The van der Waals surface area contributed by atoms with E-state index in [4.69, 9.17) is 0 Å².